The molecule has 0 spiro atoms. The Bertz CT molecular complexity index is 2260. The topological polar surface area (TPSA) is 17.3 Å². The molecule has 1 aromatic heterocycles. The summed E-state index contributed by atoms with van der Waals surface area (Å²) >= 11 is 0. The second kappa shape index (κ2) is 9.87. The molecule has 0 saturated heterocycles. The van der Waals surface area contributed by atoms with Gasteiger partial charge in [-0.15, -0.1) is 0 Å². The minimum Gasteiger partial charge on any atom is -0.309 e. The number of nitrogens with zero attached hydrogens (tertiary/aromatic N) is 2. The van der Waals surface area contributed by atoms with Crippen molar-refractivity contribution in [2.75, 3.05) is 0 Å². The molecule has 198 valence electrons. The van der Waals surface area contributed by atoms with Crippen LogP contribution in [-0.4, -0.2) is 10.8 Å². The SMILES string of the molecule is C\C1=C/C(c2ccc3c(c2)c2ccccc2n3-c2ccccc2-c2ccc3ccccc3c2)=C\C=N/c2ccccc21. The van der Waals surface area contributed by atoms with E-state index in [4.69, 9.17) is 4.99 Å². The van der Waals surface area contributed by atoms with E-state index < -0.39 is 0 Å². The molecule has 2 heteroatoms. The number of fused-ring (bicyclic) bond motifs is 5. The molecule has 6 aromatic carbocycles. The van der Waals surface area contributed by atoms with Crippen LogP contribution in [0.1, 0.15) is 18.1 Å². The molecule has 42 heavy (non-hydrogen) atoms. The molecular weight excluding hydrogens is 508 g/mol. The highest BCUT2D eigenvalue weighted by molar-refractivity contribution is 6.11. The van der Waals surface area contributed by atoms with Gasteiger partial charge < -0.3 is 4.57 Å². The van der Waals surface area contributed by atoms with Gasteiger partial charge in [0.25, 0.3) is 0 Å². The van der Waals surface area contributed by atoms with Crippen LogP contribution in [0, 0.1) is 0 Å². The van der Waals surface area contributed by atoms with Gasteiger partial charge in [0.1, 0.15) is 0 Å². The van der Waals surface area contributed by atoms with Gasteiger partial charge >= 0.3 is 0 Å². The number of aliphatic imine (C=N–C) groups is 1. The van der Waals surface area contributed by atoms with Gasteiger partial charge in [-0.1, -0.05) is 103 Å². The van der Waals surface area contributed by atoms with Gasteiger partial charge in [0, 0.05) is 28.1 Å². The molecule has 0 bridgehead atoms. The fraction of sp³-hybridized carbons (Fsp3) is 0.0250. The highest BCUT2D eigenvalue weighted by Crippen LogP contribution is 2.38. The first kappa shape index (κ1) is 24.3. The van der Waals surface area contributed by atoms with E-state index >= 15 is 0 Å². The van der Waals surface area contributed by atoms with E-state index in [2.05, 4.69) is 151 Å². The fourth-order valence-electron chi connectivity index (χ4n) is 6.34. The third-order valence-electron chi connectivity index (χ3n) is 8.38. The molecule has 2 heterocycles. The number of benzene rings is 6. The van der Waals surface area contributed by atoms with Gasteiger partial charge in [0.05, 0.1) is 22.4 Å². The number of para-hydroxylation sites is 3. The van der Waals surface area contributed by atoms with Crippen molar-refractivity contribution in [3.63, 3.8) is 0 Å². The molecule has 0 N–H and O–H groups in total. The van der Waals surface area contributed by atoms with Crippen LogP contribution in [0.15, 0.2) is 151 Å². The standard InChI is InChI=1S/C40H28N2/c1-27-24-31(22-23-41-37-15-7-4-12-33(27)37)30-20-21-40-36(26-30)35-14-6-9-17-39(35)42(40)38-16-8-5-13-34(38)32-19-18-28-10-2-3-11-29(28)25-32/h2-26H,1H3/b23-22?,27-24+,31-22+,31-24?,33-27?,41-23-,41-37?. The molecule has 1 aliphatic heterocycles. The molecule has 2 nitrogen and oxygen atoms in total. The Morgan fingerprint density at radius 3 is 2.19 bits per heavy atom. The summed E-state index contributed by atoms with van der Waals surface area (Å²) in [6, 6.07) is 48.0. The number of allylic oxidation sites excluding steroid dienone is 4. The largest absolute Gasteiger partial charge is 0.309 e. The lowest BCUT2D eigenvalue weighted by Gasteiger charge is -2.15. The summed E-state index contributed by atoms with van der Waals surface area (Å²) in [5, 5.41) is 4.99. The third kappa shape index (κ3) is 4.00. The highest BCUT2D eigenvalue weighted by Gasteiger charge is 2.17. The quantitative estimate of drug-likeness (QED) is 0.214. The lowest BCUT2D eigenvalue weighted by atomic mass is 9.96. The van der Waals surface area contributed by atoms with E-state index in [1.165, 1.54) is 66.1 Å². The van der Waals surface area contributed by atoms with Gasteiger partial charge in [-0.2, -0.15) is 0 Å². The maximum Gasteiger partial charge on any atom is 0.0704 e. The molecule has 0 unspecified atom stereocenters. The Hall–Kier alpha value is -5.47. The zero-order valence-electron chi connectivity index (χ0n) is 23.3. The van der Waals surface area contributed by atoms with Crippen molar-refractivity contribution in [3.05, 3.63) is 157 Å². The van der Waals surface area contributed by atoms with Crippen LogP contribution < -0.4 is 0 Å². The maximum absolute atomic E-state index is 4.74. The predicted molar refractivity (Wildman–Crippen MR) is 180 cm³/mol. The molecular formula is C40H28N2. The van der Waals surface area contributed by atoms with Gasteiger partial charge in [0.15, 0.2) is 0 Å². The summed E-state index contributed by atoms with van der Waals surface area (Å²) in [7, 11) is 0. The molecule has 0 amide bonds. The van der Waals surface area contributed by atoms with Crippen LogP contribution in [0.2, 0.25) is 0 Å². The Balaban J connectivity index is 1.32. The summed E-state index contributed by atoms with van der Waals surface area (Å²) in [5.74, 6) is 0. The van der Waals surface area contributed by atoms with E-state index in [1.807, 2.05) is 12.3 Å². The molecule has 0 radical (unpaired) electrons. The second-order valence-electron chi connectivity index (χ2n) is 10.9. The molecule has 0 atom stereocenters. The van der Waals surface area contributed by atoms with E-state index in [0.717, 1.165) is 11.3 Å². The summed E-state index contributed by atoms with van der Waals surface area (Å²) < 4.78 is 2.42. The summed E-state index contributed by atoms with van der Waals surface area (Å²) in [4.78, 5) is 4.74. The van der Waals surface area contributed by atoms with Gasteiger partial charge in [-0.25, -0.2) is 0 Å². The average Bonchev–Trinajstić information content (AvgIpc) is 3.37. The van der Waals surface area contributed by atoms with Crippen molar-refractivity contribution >= 4 is 55.6 Å². The summed E-state index contributed by atoms with van der Waals surface area (Å²) in [5.41, 5.74) is 11.7. The van der Waals surface area contributed by atoms with Gasteiger partial charge in [-0.3, -0.25) is 4.99 Å². The zero-order chi connectivity index (χ0) is 28.0. The molecule has 1 aliphatic rings. The average molecular weight is 537 g/mol. The molecule has 0 fully saturated rings. The van der Waals surface area contributed by atoms with Gasteiger partial charge in [-0.05, 0) is 82.4 Å². The Morgan fingerprint density at radius 1 is 0.548 bits per heavy atom. The van der Waals surface area contributed by atoms with E-state index in [0.29, 0.717) is 0 Å². The molecule has 7 aromatic rings. The Morgan fingerprint density at radius 2 is 1.26 bits per heavy atom. The summed E-state index contributed by atoms with van der Waals surface area (Å²) in [6.45, 7) is 2.17. The first-order chi connectivity index (χ1) is 20.7. The van der Waals surface area contributed by atoms with Crippen LogP contribution in [0.5, 0.6) is 0 Å². The fourth-order valence-corrected chi connectivity index (χ4v) is 6.34. The highest BCUT2D eigenvalue weighted by atomic mass is 15.0. The van der Waals surface area contributed by atoms with E-state index in [1.54, 1.807) is 0 Å². The van der Waals surface area contributed by atoms with Gasteiger partial charge in [0.2, 0.25) is 0 Å². The smallest absolute Gasteiger partial charge is 0.0704 e. The maximum atomic E-state index is 4.74. The lowest BCUT2D eigenvalue weighted by molar-refractivity contribution is 1.18. The lowest BCUT2D eigenvalue weighted by Crippen LogP contribution is -1.97. The zero-order valence-corrected chi connectivity index (χ0v) is 23.3. The molecule has 8 rings (SSSR count). The normalized spacial score (nSPS) is 16.3. The van der Waals surface area contributed by atoms with Crippen molar-refractivity contribution in [2.45, 2.75) is 6.92 Å². The van der Waals surface area contributed by atoms with Crippen molar-refractivity contribution < 1.29 is 0 Å². The van der Waals surface area contributed by atoms with Crippen molar-refractivity contribution in [1.82, 2.24) is 4.57 Å². The summed E-state index contributed by atoms with van der Waals surface area (Å²) in [6.07, 6.45) is 6.32. The second-order valence-corrected chi connectivity index (χ2v) is 10.9. The van der Waals surface area contributed by atoms with Crippen LogP contribution in [-0.2, 0) is 0 Å². The van der Waals surface area contributed by atoms with Crippen LogP contribution in [0.4, 0.5) is 5.69 Å². The number of rotatable bonds is 3. The van der Waals surface area contributed by atoms with Crippen LogP contribution >= 0.6 is 0 Å². The first-order valence-electron chi connectivity index (χ1n) is 14.4. The number of aromatic nitrogens is 1. The first-order valence-corrected chi connectivity index (χ1v) is 14.4. The minimum absolute atomic E-state index is 1.00. The van der Waals surface area contributed by atoms with E-state index in [-0.39, 0.29) is 0 Å². The van der Waals surface area contributed by atoms with Crippen molar-refractivity contribution in [2.24, 2.45) is 4.99 Å². The van der Waals surface area contributed by atoms with E-state index in [9.17, 15) is 0 Å². The molecule has 0 saturated carbocycles. The van der Waals surface area contributed by atoms with Crippen molar-refractivity contribution in [3.8, 4) is 16.8 Å². The number of hydrogen-bond donors (Lipinski definition) is 0. The van der Waals surface area contributed by atoms with Crippen LogP contribution in [0.3, 0.4) is 0 Å². The Kier molecular flexibility index (Phi) is 5.72. The Labute approximate surface area is 245 Å². The monoisotopic (exact) mass is 536 g/mol. The van der Waals surface area contributed by atoms with Crippen molar-refractivity contribution in [1.29, 1.82) is 0 Å². The van der Waals surface area contributed by atoms with Crippen LogP contribution in [0.25, 0.3) is 60.5 Å². The minimum atomic E-state index is 1.00. The molecule has 0 aliphatic carbocycles. The number of hydrogen-bond acceptors (Lipinski definition) is 1. The predicted octanol–water partition coefficient (Wildman–Crippen LogP) is 10.8. The third-order valence-corrected chi connectivity index (χ3v) is 8.38.